The SMILES string of the molecule is CCC(C)C(C)Nc1cccc(NC)n1. The summed E-state index contributed by atoms with van der Waals surface area (Å²) in [5, 5.41) is 6.45. The minimum atomic E-state index is 0.453. The van der Waals surface area contributed by atoms with Gasteiger partial charge in [0.05, 0.1) is 0 Å². The normalized spacial score (nSPS) is 14.4. The molecule has 0 aliphatic rings. The van der Waals surface area contributed by atoms with Gasteiger partial charge in [0.1, 0.15) is 11.6 Å². The molecule has 1 aromatic rings. The highest BCUT2D eigenvalue weighted by molar-refractivity contribution is 5.45. The third-order valence-electron chi connectivity index (χ3n) is 2.88. The van der Waals surface area contributed by atoms with Gasteiger partial charge in [-0.25, -0.2) is 4.98 Å². The Labute approximate surface area is 92.3 Å². The van der Waals surface area contributed by atoms with Crippen molar-refractivity contribution in [2.24, 2.45) is 5.92 Å². The van der Waals surface area contributed by atoms with Gasteiger partial charge in [0.2, 0.25) is 0 Å². The summed E-state index contributed by atoms with van der Waals surface area (Å²) < 4.78 is 0. The Bertz CT molecular complexity index is 299. The van der Waals surface area contributed by atoms with Crippen LogP contribution in [0, 0.1) is 5.92 Å². The van der Waals surface area contributed by atoms with E-state index in [4.69, 9.17) is 0 Å². The predicted molar refractivity (Wildman–Crippen MR) is 66.3 cm³/mol. The molecule has 0 amide bonds. The lowest BCUT2D eigenvalue weighted by Gasteiger charge is -2.20. The second-order valence-corrected chi connectivity index (χ2v) is 3.98. The quantitative estimate of drug-likeness (QED) is 0.779. The van der Waals surface area contributed by atoms with Crippen molar-refractivity contribution in [3.05, 3.63) is 18.2 Å². The maximum atomic E-state index is 4.43. The van der Waals surface area contributed by atoms with Crippen molar-refractivity contribution in [1.29, 1.82) is 0 Å². The predicted octanol–water partition coefficient (Wildman–Crippen LogP) is 2.97. The van der Waals surface area contributed by atoms with Crippen molar-refractivity contribution in [1.82, 2.24) is 4.98 Å². The standard InChI is InChI=1S/C12H21N3/c1-5-9(2)10(3)14-12-8-6-7-11(13-4)15-12/h6-10H,5H2,1-4H3,(H2,13,14,15). The van der Waals surface area contributed by atoms with Gasteiger partial charge in [-0.1, -0.05) is 26.3 Å². The first-order valence-electron chi connectivity index (χ1n) is 5.58. The first-order valence-corrected chi connectivity index (χ1v) is 5.58. The number of aromatic nitrogens is 1. The van der Waals surface area contributed by atoms with Crippen LogP contribution in [-0.2, 0) is 0 Å². The Balaban J connectivity index is 2.63. The lowest BCUT2D eigenvalue weighted by molar-refractivity contribution is 0.493. The van der Waals surface area contributed by atoms with E-state index in [0.717, 1.165) is 11.6 Å². The van der Waals surface area contributed by atoms with Crippen LogP contribution in [0.4, 0.5) is 11.6 Å². The molecule has 0 aliphatic heterocycles. The summed E-state index contributed by atoms with van der Waals surface area (Å²) in [6, 6.07) is 6.41. The molecule has 1 heterocycles. The molecule has 0 fully saturated rings. The zero-order valence-corrected chi connectivity index (χ0v) is 10.0. The second kappa shape index (κ2) is 5.59. The first kappa shape index (κ1) is 11.8. The fraction of sp³-hybridized carbons (Fsp3) is 0.583. The van der Waals surface area contributed by atoms with Crippen molar-refractivity contribution < 1.29 is 0 Å². The summed E-state index contributed by atoms with van der Waals surface area (Å²) in [6.07, 6.45) is 1.18. The van der Waals surface area contributed by atoms with Crippen molar-refractivity contribution in [3.63, 3.8) is 0 Å². The maximum absolute atomic E-state index is 4.43. The van der Waals surface area contributed by atoms with Crippen molar-refractivity contribution in [2.45, 2.75) is 33.2 Å². The fourth-order valence-electron chi connectivity index (χ4n) is 1.38. The highest BCUT2D eigenvalue weighted by Crippen LogP contribution is 2.14. The average Bonchev–Trinajstić information content (AvgIpc) is 2.28. The zero-order valence-electron chi connectivity index (χ0n) is 10.0. The number of pyridine rings is 1. The first-order chi connectivity index (χ1) is 7.17. The smallest absolute Gasteiger partial charge is 0.128 e. The molecule has 0 saturated heterocycles. The van der Waals surface area contributed by atoms with Crippen LogP contribution < -0.4 is 10.6 Å². The summed E-state index contributed by atoms with van der Waals surface area (Å²) in [6.45, 7) is 6.65. The minimum absolute atomic E-state index is 0.453. The van der Waals surface area contributed by atoms with E-state index < -0.39 is 0 Å². The van der Waals surface area contributed by atoms with Crippen LogP contribution in [-0.4, -0.2) is 18.1 Å². The Morgan fingerprint density at radius 2 is 1.93 bits per heavy atom. The Kier molecular flexibility index (Phi) is 4.40. The molecular formula is C12H21N3. The van der Waals surface area contributed by atoms with Crippen LogP contribution in [0.2, 0.25) is 0 Å². The van der Waals surface area contributed by atoms with Crippen LogP contribution in [0.25, 0.3) is 0 Å². The molecule has 15 heavy (non-hydrogen) atoms. The molecule has 0 spiro atoms. The molecule has 2 unspecified atom stereocenters. The molecule has 1 rings (SSSR count). The van der Waals surface area contributed by atoms with Gasteiger partial charge in [-0.2, -0.15) is 0 Å². The van der Waals surface area contributed by atoms with E-state index in [1.54, 1.807) is 0 Å². The summed E-state index contributed by atoms with van der Waals surface area (Å²) in [5.41, 5.74) is 0. The van der Waals surface area contributed by atoms with Crippen LogP contribution >= 0.6 is 0 Å². The number of rotatable bonds is 5. The molecule has 0 saturated carbocycles. The Hall–Kier alpha value is -1.25. The number of anilines is 2. The van der Waals surface area contributed by atoms with Gasteiger partial charge in [-0.3, -0.25) is 0 Å². The van der Waals surface area contributed by atoms with Gasteiger partial charge in [-0.05, 0) is 25.0 Å². The van der Waals surface area contributed by atoms with Crippen LogP contribution in [0.1, 0.15) is 27.2 Å². The van der Waals surface area contributed by atoms with E-state index in [1.807, 2.05) is 25.2 Å². The molecule has 2 atom stereocenters. The van der Waals surface area contributed by atoms with Gasteiger partial charge < -0.3 is 10.6 Å². The third kappa shape index (κ3) is 3.42. The number of hydrogen-bond acceptors (Lipinski definition) is 3. The van der Waals surface area contributed by atoms with E-state index in [0.29, 0.717) is 12.0 Å². The molecule has 84 valence electrons. The summed E-state index contributed by atoms with van der Waals surface area (Å²) >= 11 is 0. The molecule has 1 aromatic heterocycles. The lowest BCUT2D eigenvalue weighted by Crippen LogP contribution is -2.23. The van der Waals surface area contributed by atoms with Crippen molar-refractivity contribution in [2.75, 3.05) is 17.7 Å². The fourth-order valence-corrected chi connectivity index (χ4v) is 1.38. The molecule has 3 nitrogen and oxygen atoms in total. The van der Waals surface area contributed by atoms with E-state index in [9.17, 15) is 0 Å². The highest BCUT2D eigenvalue weighted by Gasteiger charge is 2.09. The number of hydrogen-bond donors (Lipinski definition) is 2. The van der Waals surface area contributed by atoms with Crippen LogP contribution in [0.15, 0.2) is 18.2 Å². The largest absolute Gasteiger partial charge is 0.373 e. The Morgan fingerprint density at radius 1 is 1.27 bits per heavy atom. The zero-order chi connectivity index (χ0) is 11.3. The summed E-state index contributed by atoms with van der Waals surface area (Å²) in [5.74, 6) is 2.50. The number of nitrogens with one attached hydrogen (secondary N) is 2. The van der Waals surface area contributed by atoms with Gasteiger partial charge in [0.15, 0.2) is 0 Å². The molecule has 3 heteroatoms. The third-order valence-corrected chi connectivity index (χ3v) is 2.88. The highest BCUT2D eigenvalue weighted by atomic mass is 15.1. The molecule has 0 aliphatic carbocycles. The molecule has 0 aromatic carbocycles. The summed E-state index contributed by atoms with van der Waals surface area (Å²) in [7, 11) is 1.88. The minimum Gasteiger partial charge on any atom is -0.373 e. The molecule has 2 N–H and O–H groups in total. The van der Waals surface area contributed by atoms with E-state index in [1.165, 1.54) is 6.42 Å². The molecule has 0 radical (unpaired) electrons. The van der Waals surface area contributed by atoms with Gasteiger partial charge in [-0.15, -0.1) is 0 Å². The molecule has 0 bridgehead atoms. The van der Waals surface area contributed by atoms with Crippen LogP contribution in [0.3, 0.4) is 0 Å². The molecular weight excluding hydrogens is 186 g/mol. The number of nitrogens with zero attached hydrogens (tertiary/aromatic N) is 1. The van der Waals surface area contributed by atoms with Crippen molar-refractivity contribution >= 4 is 11.6 Å². The lowest BCUT2D eigenvalue weighted by atomic mass is 10.0. The monoisotopic (exact) mass is 207 g/mol. The van der Waals surface area contributed by atoms with Gasteiger partial charge in [0.25, 0.3) is 0 Å². The van der Waals surface area contributed by atoms with E-state index >= 15 is 0 Å². The van der Waals surface area contributed by atoms with Crippen LogP contribution in [0.5, 0.6) is 0 Å². The van der Waals surface area contributed by atoms with Gasteiger partial charge >= 0.3 is 0 Å². The second-order valence-electron chi connectivity index (χ2n) is 3.98. The Morgan fingerprint density at radius 3 is 2.53 bits per heavy atom. The van der Waals surface area contributed by atoms with E-state index in [-0.39, 0.29) is 0 Å². The topological polar surface area (TPSA) is 37.0 Å². The average molecular weight is 207 g/mol. The van der Waals surface area contributed by atoms with Crippen molar-refractivity contribution in [3.8, 4) is 0 Å². The summed E-state index contributed by atoms with van der Waals surface area (Å²) in [4.78, 5) is 4.43. The van der Waals surface area contributed by atoms with E-state index in [2.05, 4.69) is 36.4 Å². The van der Waals surface area contributed by atoms with Gasteiger partial charge in [0, 0.05) is 13.1 Å². The maximum Gasteiger partial charge on any atom is 0.128 e.